The minimum atomic E-state index is 0.263. The Kier molecular flexibility index (Phi) is 3.20. The van der Waals surface area contributed by atoms with Gasteiger partial charge in [0.15, 0.2) is 0 Å². The van der Waals surface area contributed by atoms with Crippen molar-refractivity contribution in [2.75, 3.05) is 0 Å². The van der Waals surface area contributed by atoms with Crippen LogP contribution in [-0.2, 0) is 6.42 Å². The Bertz CT molecular complexity index is 456. The third-order valence-electron chi connectivity index (χ3n) is 2.13. The summed E-state index contributed by atoms with van der Waals surface area (Å²) in [5.74, 6) is 0.263. The van der Waals surface area contributed by atoms with Crippen molar-refractivity contribution < 1.29 is 5.11 Å². The Balaban J connectivity index is 2.28. The first-order valence-electron chi connectivity index (χ1n) is 4.64. The van der Waals surface area contributed by atoms with Gasteiger partial charge in [0.05, 0.1) is 5.69 Å². The molecule has 1 aromatic carbocycles. The molecule has 0 aliphatic heterocycles. The summed E-state index contributed by atoms with van der Waals surface area (Å²) in [5.41, 5.74) is 1.88. The number of nitrogens with zero attached hydrogens (tertiary/aromatic N) is 1. The quantitative estimate of drug-likeness (QED) is 0.683. The van der Waals surface area contributed by atoms with Crippen LogP contribution in [0.1, 0.15) is 11.3 Å². The number of halogens is 1. The smallest absolute Gasteiger partial charge is 0.137 e. The van der Waals surface area contributed by atoms with E-state index in [2.05, 4.69) is 27.6 Å². The van der Waals surface area contributed by atoms with Crippen LogP contribution in [0.25, 0.3) is 0 Å². The lowest BCUT2D eigenvalue weighted by molar-refractivity contribution is 0.465. The van der Waals surface area contributed by atoms with E-state index in [1.54, 1.807) is 12.1 Å². The fraction of sp³-hybridized carbons (Fsp3) is 0.0833. The van der Waals surface area contributed by atoms with Gasteiger partial charge >= 0.3 is 0 Å². The second-order valence-electron chi connectivity index (χ2n) is 3.26. The maximum atomic E-state index is 9.63. The highest BCUT2D eigenvalue weighted by Crippen LogP contribution is 2.19. The zero-order valence-electron chi connectivity index (χ0n) is 8.02. The summed E-state index contributed by atoms with van der Waals surface area (Å²) in [6.07, 6.45) is 0.670. The standard InChI is InChI=1S/C12H10INO/c13-12-7-6-11(15)10(14-12)8-9-4-2-1-3-5-9/h1-7,15H,8H2. The topological polar surface area (TPSA) is 33.1 Å². The van der Waals surface area contributed by atoms with E-state index in [0.717, 1.165) is 15.0 Å². The number of hydrogen-bond donors (Lipinski definition) is 1. The maximum Gasteiger partial charge on any atom is 0.137 e. The molecule has 1 heterocycles. The second-order valence-corrected chi connectivity index (χ2v) is 4.37. The van der Waals surface area contributed by atoms with Crippen molar-refractivity contribution in [3.8, 4) is 5.75 Å². The van der Waals surface area contributed by atoms with Gasteiger partial charge in [-0.05, 0) is 40.3 Å². The van der Waals surface area contributed by atoms with Crippen LogP contribution in [-0.4, -0.2) is 10.1 Å². The molecule has 0 bridgehead atoms. The molecule has 1 N–H and O–H groups in total. The highest BCUT2D eigenvalue weighted by atomic mass is 127. The molecule has 0 saturated heterocycles. The van der Waals surface area contributed by atoms with E-state index in [-0.39, 0.29) is 5.75 Å². The van der Waals surface area contributed by atoms with Crippen molar-refractivity contribution >= 4 is 22.6 Å². The van der Waals surface area contributed by atoms with Crippen LogP contribution in [0.4, 0.5) is 0 Å². The Morgan fingerprint density at radius 1 is 1.07 bits per heavy atom. The molecule has 0 aliphatic rings. The van der Waals surface area contributed by atoms with E-state index in [4.69, 9.17) is 0 Å². The molecule has 0 spiro atoms. The van der Waals surface area contributed by atoms with Crippen molar-refractivity contribution in [3.05, 3.63) is 57.4 Å². The first-order chi connectivity index (χ1) is 7.25. The molecule has 0 atom stereocenters. The third-order valence-corrected chi connectivity index (χ3v) is 2.73. The average Bonchev–Trinajstić information content (AvgIpc) is 2.25. The van der Waals surface area contributed by atoms with Gasteiger partial charge in [0.2, 0.25) is 0 Å². The molecule has 0 radical (unpaired) electrons. The predicted octanol–water partition coefficient (Wildman–Crippen LogP) is 2.98. The van der Waals surface area contributed by atoms with Gasteiger partial charge in [0.1, 0.15) is 9.45 Å². The van der Waals surface area contributed by atoms with Gasteiger partial charge in [-0.2, -0.15) is 0 Å². The summed E-state index contributed by atoms with van der Waals surface area (Å²) in [5, 5.41) is 9.63. The van der Waals surface area contributed by atoms with Gasteiger partial charge in [-0.15, -0.1) is 0 Å². The molecule has 3 heteroatoms. The second kappa shape index (κ2) is 4.61. The largest absolute Gasteiger partial charge is 0.506 e. The zero-order valence-corrected chi connectivity index (χ0v) is 10.2. The van der Waals surface area contributed by atoms with Crippen molar-refractivity contribution in [3.63, 3.8) is 0 Å². The van der Waals surface area contributed by atoms with Gasteiger partial charge in [0, 0.05) is 6.42 Å². The summed E-state index contributed by atoms with van der Waals surface area (Å²) < 4.78 is 0.899. The Morgan fingerprint density at radius 3 is 2.53 bits per heavy atom. The zero-order chi connectivity index (χ0) is 10.7. The van der Waals surface area contributed by atoms with Gasteiger partial charge in [0.25, 0.3) is 0 Å². The number of rotatable bonds is 2. The molecule has 76 valence electrons. The monoisotopic (exact) mass is 311 g/mol. The first-order valence-corrected chi connectivity index (χ1v) is 5.72. The van der Waals surface area contributed by atoms with Crippen molar-refractivity contribution in [1.29, 1.82) is 0 Å². The molecule has 2 aromatic rings. The molecule has 0 aliphatic carbocycles. The Labute approximate surface area is 102 Å². The molecular weight excluding hydrogens is 301 g/mol. The molecule has 15 heavy (non-hydrogen) atoms. The van der Waals surface area contributed by atoms with Gasteiger partial charge < -0.3 is 5.11 Å². The minimum Gasteiger partial charge on any atom is -0.506 e. The summed E-state index contributed by atoms with van der Waals surface area (Å²) in [4.78, 5) is 4.30. The van der Waals surface area contributed by atoms with E-state index in [1.165, 1.54) is 0 Å². The molecule has 2 nitrogen and oxygen atoms in total. The van der Waals surface area contributed by atoms with Crippen LogP contribution in [0.2, 0.25) is 0 Å². The van der Waals surface area contributed by atoms with Crippen LogP contribution < -0.4 is 0 Å². The summed E-state index contributed by atoms with van der Waals surface area (Å²) in [6.45, 7) is 0. The maximum absolute atomic E-state index is 9.63. The Morgan fingerprint density at radius 2 is 1.80 bits per heavy atom. The van der Waals surface area contributed by atoms with Crippen LogP contribution >= 0.6 is 22.6 Å². The van der Waals surface area contributed by atoms with E-state index in [9.17, 15) is 5.11 Å². The highest BCUT2D eigenvalue weighted by molar-refractivity contribution is 14.1. The summed E-state index contributed by atoms with van der Waals surface area (Å²) in [6, 6.07) is 13.5. The Hall–Kier alpha value is -1.10. The highest BCUT2D eigenvalue weighted by Gasteiger charge is 2.04. The van der Waals surface area contributed by atoms with Crippen LogP contribution in [0.15, 0.2) is 42.5 Å². The van der Waals surface area contributed by atoms with Gasteiger partial charge in [-0.25, -0.2) is 4.98 Å². The summed E-state index contributed by atoms with van der Waals surface area (Å²) >= 11 is 2.14. The van der Waals surface area contributed by atoms with Crippen LogP contribution in [0, 0.1) is 3.70 Å². The summed E-state index contributed by atoms with van der Waals surface area (Å²) in [7, 11) is 0. The van der Waals surface area contributed by atoms with E-state index in [0.29, 0.717) is 6.42 Å². The van der Waals surface area contributed by atoms with Gasteiger partial charge in [-0.1, -0.05) is 30.3 Å². The average molecular weight is 311 g/mol. The third kappa shape index (κ3) is 2.68. The minimum absolute atomic E-state index is 0.263. The number of pyridine rings is 1. The molecule has 1 aromatic heterocycles. The predicted molar refractivity (Wildman–Crippen MR) is 67.9 cm³/mol. The fourth-order valence-electron chi connectivity index (χ4n) is 1.39. The molecule has 2 rings (SSSR count). The molecule has 0 fully saturated rings. The normalized spacial score (nSPS) is 10.2. The van der Waals surface area contributed by atoms with Crippen molar-refractivity contribution in [2.45, 2.75) is 6.42 Å². The van der Waals surface area contributed by atoms with Crippen LogP contribution in [0.3, 0.4) is 0 Å². The van der Waals surface area contributed by atoms with E-state index < -0.39 is 0 Å². The van der Waals surface area contributed by atoms with Gasteiger partial charge in [-0.3, -0.25) is 0 Å². The van der Waals surface area contributed by atoms with Crippen LogP contribution in [0.5, 0.6) is 5.75 Å². The van der Waals surface area contributed by atoms with E-state index in [1.807, 2.05) is 30.3 Å². The van der Waals surface area contributed by atoms with E-state index >= 15 is 0 Å². The fourth-order valence-corrected chi connectivity index (χ4v) is 1.86. The number of benzene rings is 1. The lowest BCUT2D eigenvalue weighted by Gasteiger charge is -2.04. The molecule has 0 saturated carbocycles. The first kappa shape index (κ1) is 10.4. The number of aromatic hydroxyl groups is 1. The molecular formula is C12H10INO. The number of aromatic nitrogens is 1. The lowest BCUT2D eigenvalue weighted by Crippen LogP contribution is -1.94. The molecule has 0 amide bonds. The lowest BCUT2D eigenvalue weighted by atomic mass is 10.1. The SMILES string of the molecule is Oc1ccc(I)nc1Cc1ccccc1. The van der Waals surface area contributed by atoms with Crippen molar-refractivity contribution in [1.82, 2.24) is 4.98 Å². The van der Waals surface area contributed by atoms with Crippen molar-refractivity contribution in [2.24, 2.45) is 0 Å². The number of hydrogen-bond acceptors (Lipinski definition) is 2. The molecule has 0 unspecified atom stereocenters.